The number of rotatable bonds is 20. The average Bonchev–Trinajstić information content (AvgIpc) is 2.68. The summed E-state index contributed by atoms with van der Waals surface area (Å²) in [5.41, 5.74) is 0. The monoisotopic (exact) mass is 446 g/mol. The van der Waals surface area contributed by atoms with Crippen molar-refractivity contribution < 1.29 is 26.8 Å². The van der Waals surface area contributed by atoms with Crippen molar-refractivity contribution in [2.75, 3.05) is 27.2 Å². The highest BCUT2D eigenvalue weighted by molar-refractivity contribution is 5.75. The molecule has 0 radical (unpaired) electrons. The van der Waals surface area contributed by atoms with Crippen LogP contribution in [0.4, 0.5) is 0 Å². The minimum atomic E-state index is 0. The minimum Gasteiger partial charge on any atom is -1.00 e. The van der Waals surface area contributed by atoms with Crippen molar-refractivity contribution in [2.45, 2.75) is 116 Å². The van der Waals surface area contributed by atoms with E-state index in [2.05, 4.69) is 45.4 Å². The normalized spacial score (nSPS) is 12.7. The summed E-state index contributed by atoms with van der Waals surface area (Å²) in [6.07, 6.45) is 22.9. The Morgan fingerprint density at radius 2 is 1.37 bits per heavy atom. The van der Waals surface area contributed by atoms with Crippen LogP contribution in [0.2, 0.25) is 0 Å². The van der Waals surface area contributed by atoms with Crippen molar-refractivity contribution in [3.8, 4) is 0 Å². The predicted octanol–water partition coefficient (Wildman–Crippen LogP) is 2.95. The van der Waals surface area contributed by atoms with Crippen molar-refractivity contribution in [1.29, 1.82) is 0 Å². The third-order valence-corrected chi connectivity index (χ3v) is 5.90. The van der Waals surface area contributed by atoms with Crippen molar-refractivity contribution in [1.82, 2.24) is 5.32 Å². The van der Waals surface area contributed by atoms with E-state index in [9.17, 15) is 9.90 Å². The number of aliphatic hydroxyl groups excluding tert-OH is 1. The predicted molar refractivity (Wildman–Crippen MR) is 126 cm³/mol. The van der Waals surface area contributed by atoms with Crippen LogP contribution < -0.4 is 17.7 Å². The summed E-state index contributed by atoms with van der Waals surface area (Å²) in [7, 11) is 4.12. The van der Waals surface area contributed by atoms with Gasteiger partial charge in [-0.3, -0.25) is 4.79 Å². The van der Waals surface area contributed by atoms with Gasteiger partial charge in [-0.2, -0.15) is 0 Å². The summed E-state index contributed by atoms with van der Waals surface area (Å²) >= 11 is 0. The molecule has 1 amide bonds. The highest BCUT2D eigenvalue weighted by Gasteiger charge is 2.27. The summed E-state index contributed by atoms with van der Waals surface area (Å²) < 4.78 is 0.630. The first kappa shape index (κ1) is 31.6. The lowest BCUT2D eigenvalue weighted by atomic mass is 10.1. The van der Waals surface area contributed by atoms with Gasteiger partial charge in [0.2, 0.25) is 5.91 Å². The van der Waals surface area contributed by atoms with Gasteiger partial charge in [0.15, 0.2) is 6.17 Å². The van der Waals surface area contributed by atoms with Gasteiger partial charge < -0.3 is 27.3 Å². The second-order valence-corrected chi connectivity index (χ2v) is 9.05. The van der Waals surface area contributed by atoms with E-state index >= 15 is 0 Å². The molecule has 5 heteroatoms. The molecule has 0 rings (SSSR count). The highest BCUT2D eigenvalue weighted by atomic mass is 35.5. The maximum atomic E-state index is 12.2. The molecule has 0 aromatic rings. The molecule has 0 fully saturated rings. The topological polar surface area (TPSA) is 49.3 Å². The van der Waals surface area contributed by atoms with Gasteiger partial charge in [0.1, 0.15) is 6.54 Å². The van der Waals surface area contributed by atoms with Gasteiger partial charge in [0.25, 0.3) is 0 Å². The number of hydrogen-bond acceptors (Lipinski definition) is 2. The summed E-state index contributed by atoms with van der Waals surface area (Å²) in [5.74, 6) is 0.151. The van der Waals surface area contributed by atoms with E-state index in [4.69, 9.17) is 0 Å². The number of carbonyl (C=O) groups excluding carboxylic acids is 1. The molecular weight excluding hydrogens is 396 g/mol. The van der Waals surface area contributed by atoms with Crippen LogP contribution in [0.5, 0.6) is 0 Å². The van der Waals surface area contributed by atoms with Crippen LogP contribution in [0, 0.1) is 0 Å². The van der Waals surface area contributed by atoms with E-state index in [1.807, 2.05) is 0 Å². The lowest BCUT2D eigenvalue weighted by Crippen LogP contribution is -3.00. The lowest BCUT2D eigenvalue weighted by Gasteiger charge is -2.37. The number of unbranched alkanes of at least 4 members (excludes halogenated alkanes) is 11. The van der Waals surface area contributed by atoms with Crippen molar-refractivity contribution >= 4 is 5.91 Å². The van der Waals surface area contributed by atoms with E-state index in [-0.39, 0.29) is 31.1 Å². The number of amides is 1. The Hall–Kier alpha value is -0.580. The maximum absolute atomic E-state index is 12.2. The number of likely N-dealkylation sites (N-methyl/N-ethyl adjacent to an activating group) is 1. The molecule has 0 aromatic carbocycles. The maximum Gasteiger partial charge on any atom is 0.224 e. The Kier molecular flexibility index (Phi) is 22.8. The van der Waals surface area contributed by atoms with E-state index in [0.29, 0.717) is 17.4 Å². The second-order valence-electron chi connectivity index (χ2n) is 9.05. The van der Waals surface area contributed by atoms with E-state index in [1.165, 1.54) is 70.6 Å². The van der Waals surface area contributed by atoms with Crippen LogP contribution >= 0.6 is 0 Å². The molecule has 0 aromatic heterocycles. The number of carbonyl (C=O) groups is 1. The summed E-state index contributed by atoms with van der Waals surface area (Å²) in [6, 6.07) is 0. The van der Waals surface area contributed by atoms with Gasteiger partial charge >= 0.3 is 0 Å². The zero-order valence-corrected chi connectivity index (χ0v) is 21.2. The third-order valence-electron chi connectivity index (χ3n) is 5.90. The van der Waals surface area contributed by atoms with Gasteiger partial charge in [-0.15, -0.1) is 0 Å². The van der Waals surface area contributed by atoms with Gasteiger partial charge in [0, 0.05) is 12.8 Å². The quantitative estimate of drug-likeness (QED) is 0.131. The van der Waals surface area contributed by atoms with E-state index in [1.54, 1.807) is 0 Å². The molecule has 0 aliphatic carbocycles. The Morgan fingerprint density at radius 1 is 0.867 bits per heavy atom. The van der Waals surface area contributed by atoms with Gasteiger partial charge in [0.05, 0.1) is 20.7 Å². The number of halogens is 1. The first-order valence-electron chi connectivity index (χ1n) is 12.4. The zero-order chi connectivity index (χ0) is 21.8. The molecule has 0 bridgehead atoms. The van der Waals surface area contributed by atoms with Gasteiger partial charge in [-0.05, 0) is 32.1 Å². The highest BCUT2D eigenvalue weighted by Crippen LogP contribution is 2.11. The molecule has 0 saturated heterocycles. The zero-order valence-electron chi connectivity index (χ0n) is 20.4. The van der Waals surface area contributed by atoms with Crippen molar-refractivity contribution in [2.24, 2.45) is 0 Å². The fourth-order valence-electron chi connectivity index (χ4n) is 3.80. The minimum absolute atomic E-state index is 0. The fraction of sp³-hybridized carbons (Fsp3) is 0.880. The SMILES string of the molecule is CCCCCCCC/C=C\CCCCCCCC(=O)NC(CC)[N+](C)(C)CCO.[Cl-]. The molecule has 1 atom stereocenters. The van der Waals surface area contributed by atoms with Crippen LogP contribution in [0.25, 0.3) is 0 Å². The molecular formula is C25H51ClN2O2. The molecule has 4 nitrogen and oxygen atoms in total. The van der Waals surface area contributed by atoms with Crippen LogP contribution in [0.15, 0.2) is 12.2 Å². The van der Waals surface area contributed by atoms with E-state index < -0.39 is 0 Å². The smallest absolute Gasteiger partial charge is 0.224 e. The number of quaternary nitrogens is 1. The van der Waals surface area contributed by atoms with Crippen molar-refractivity contribution in [3.63, 3.8) is 0 Å². The lowest BCUT2D eigenvalue weighted by molar-refractivity contribution is -0.917. The summed E-state index contributed by atoms with van der Waals surface area (Å²) in [6.45, 7) is 5.16. The Balaban J connectivity index is 0. The van der Waals surface area contributed by atoms with E-state index in [0.717, 1.165) is 19.3 Å². The number of hydrogen-bond donors (Lipinski definition) is 2. The molecule has 0 saturated carbocycles. The van der Waals surface area contributed by atoms with Crippen LogP contribution in [0.3, 0.4) is 0 Å². The molecule has 2 N–H and O–H groups in total. The molecule has 0 aliphatic rings. The third kappa shape index (κ3) is 18.2. The van der Waals surface area contributed by atoms with Crippen LogP contribution in [-0.4, -0.2) is 48.9 Å². The van der Waals surface area contributed by atoms with Gasteiger partial charge in [-0.25, -0.2) is 0 Å². The second kappa shape index (κ2) is 21.6. The molecule has 180 valence electrons. The Bertz CT molecular complexity index is 414. The standard InChI is InChI=1S/C25H50N2O2.ClH/c1-5-7-8-9-10-11-12-13-14-15-16-17-18-19-20-21-25(29)26-24(6-2)27(3,4)22-23-28;/h13-14,24,28H,5-12,15-23H2,1-4H3;1H/b14-13-;. The summed E-state index contributed by atoms with van der Waals surface area (Å²) in [5, 5.41) is 12.4. The first-order chi connectivity index (χ1) is 14.0. The number of nitrogens with one attached hydrogen (secondary N) is 1. The summed E-state index contributed by atoms with van der Waals surface area (Å²) in [4.78, 5) is 12.2. The molecule has 0 aliphatic heterocycles. The van der Waals surface area contributed by atoms with Crippen LogP contribution in [0.1, 0.15) is 110 Å². The first-order valence-corrected chi connectivity index (χ1v) is 12.4. The van der Waals surface area contributed by atoms with Crippen molar-refractivity contribution in [3.05, 3.63) is 12.2 Å². The Morgan fingerprint density at radius 3 is 1.87 bits per heavy atom. The number of aliphatic hydroxyl groups is 1. The fourth-order valence-corrected chi connectivity index (χ4v) is 3.80. The molecule has 0 heterocycles. The molecule has 1 unspecified atom stereocenters. The number of nitrogens with zero attached hydrogens (tertiary/aromatic N) is 1. The molecule has 0 spiro atoms. The molecule has 30 heavy (non-hydrogen) atoms. The van der Waals surface area contributed by atoms with Gasteiger partial charge in [-0.1, -0.05) is 77.4 Å². The average molecular weight is 447 g/mol. The number of allylic oxidation sites excluding steroid dienone is 2. The largest absolute Gasteiger partial charge is 1.00 e. The van der Waals surface area contributed by atoms with Crippen LogP contribution in [-0.2, 0) is 4.79 Å². The Labute approximate surface area is 193 Å².